The highest BCUT2D eigenvalue weighted by molar-refractivity contribution is 5.79. The average Bonchev–Trinajstić information content (AvgIpc) is 2.81. The summed E-state index contributed by atoms with van der Waals surface area (Å²) in [5, 5.41) is 2.90. The molecule has 2 aliphatic rings. The topological polar surface area (TPSA) is 66.7 Å². The van der Waals surface area contributed by atoms with Crippen LogP contribution in [-0.4, -0.2) is 39.8 Å². The maximum absolute atomic E-state index is 12.0. The normalized spacial score (nSPS) is 20.7. The molecule has 21 heavy (non-hydrogen) atoms. The minimum atomic E-state index is -0.0523. The van der Waals surface area contributed by atoms with E-state index in [0.29, 0.717) is 18.6 Å². The number of amides is 1. The molecule has 6 nitrogen and oxygen atoms in total. The molecule has 0 aromatic carbocycles. The zero-order valence-electron chi connectivity index (χ0n) is 11.6. The molecule has 0 unspecified atom stereocenters. The zero-order chi connectivity index (χ0) is 14.4. The highest BCUT2D eigenvalue weighted by Gasteiger charge is 2.47. The van der Waals surface area contributed by atoms with E-state index < -0.39 is 0 Å². The van der Waals surface area contributed by atoms with Crippen LogP contribution in [0.5, 0.6) is 0 Å². The lowest BCUT2D eigenvalue weighted by Gasteiger charge is -2.46. The number of pyridine rings is 1. The van der Waals surface area contributed by atoms with Gasteiger partial charge in [0.1, 0.15) is 5.65 Å². The summed E-state index contributed by atoms with van der Waals surface area (Å²) in [6, 6.07) is 7.12. The van der Waals surface area contributed by atoms with Crippen LogP contribution in [0.1, 0.15) is 12.1 Å². The third kappa shape index (κ3) is 2.12. The molecular formula is C15H16N4O2. The lowest BCUT2D eigenvalue weighted by Crippen LogP contribution is -2.56. The second kappa shape index (κ2) is 4.39. The Morgan fingerprint density at radius 2 is 2.14 bits per heavy atom. The van der Waals surface area contributed by atoms with E-state index in [2.05, 4.69) is 15.2 Å². The molecule has 0 aliphatic carbocycles. The molecule has 2 aromatic heterocycles. The molecule has 1 spiro atoms. The third-order valence-corrected chi connectivity index (χ3v) is 4.32. The molecule has 2 saturated heterocycles. The van der Waals surface area contributed by atoms with E-state index in [1.807, 2.05) is 18.2 Å². The molecule has 2 aromatic rings. The number of nitrogens with one attached hydrogen (secondary N) is 1. The smallest absolute Gasteiger partial charge is 0.258 e. The van der Waals surface area contributed by atoms with Crippen LogP contribution in [0.15, 0.2) is 35.3 Å². The van der Waals surface area contributed by atoms with Gasteiger partial charge in [0.2, 0.25) is 5.91 Å². The fourth-order valence-corrected chi connectivity index (χ4v) is 3.40. The number of hydrogen-bond donors (Lipinski definition) is 1. The fraction of sp³-hybridized carbons (Fsp3) is 0.400. The highest BCUT2D eigenvalue weighted by atomic mass is 16.2. The Hall–Kier alpha value is -2.21. The number of carbonyl (C=O) groups excluding carboxylic acids is 1. The summed E-state index contributed by atoms with van der Waals surface area (Å²) >= 11 is 0. The first-order valence-corrected chi connectivity index (χ1v) is 7.10. The molecule has 0 radical (unpaired) electrons. The second-order valence-corrected chi connectivity index (χ2v) is 6.11. The van der Waals surface area contributed by atoms with Crippen LogP contribution in [0.3, 0.4) is 0 Å². The molecule has 2 fully saturated rings. The third-order valence-electron chi connectivity index (χ3n) is 4.32. The summed E-state index contributed by atoms with van der Waals surface area (Å²) in [7, 11) is 0. The first-order valence-electron chi connectivity index (χ1n) is 7.10. The largest absolute Gasteiger partial charge is 0.355 e. The zero-order valence-corrected chi connectivity index (χ0v) is 11.6. The lowest BCUT2D eigenvalue weighted by atomic mass is 9.79. The monoisotopic (exact) mass is 284 g/mol. The summed E-state index contributed by atoms with van der Waals surface area (Å²) in [6.45, 7) is 3.22. The van der Waals surface area contributed by atoms with E-state index in [-0.39, 0.29) is 16.9 Å². The van der Waals surface area contributed by atoms with Crippen LogP contribution >= 0.6 is 0 Å². The van der Waals surface area contributed by atoms with Gasteiger partial charge in [0.05, 0.1) is 5.69 Å². The van der Waals surface area contributed by atoms with Crippen molar-refractivity contribution in [3.63, 3.8) is 0 Å². The maximum atomic E-state index is 12.0. The Labute approximate surface area is 121 Å². The first-order chi connectivity index (χ1) is 10.1. The van der Waals surface area contributed by atoms with Gasteiger partial charge in [-0.25, -0.2) is 4.98 Å². The molecule has 1 amide bonds. The second-order valence-electron chi connectivity index (χ2n) is 6.11. The Morgan fingerprint density at radius 3 is 2.90 bits per heavy atom. The van der Waals surface area contributed by atoms with Gasteiger partial charge >= 0.3 is 0 Å². The Kier molecular flexibility index (Phi) is 2.62. The van der Waals surface area contributed by atoms with Crippen molar-refractivity contribution in [2.24, 2.45) is 5.41 Å². The summed E-state index contributed by atoms with van der Waals surface area (Å²) in [6.07, 6.45) is 2.35. The van der Waals surface area contributed by atoms with Gasteiger partial charge in [-0.2, -0.15) is 0 Å². The molecule has 2 aliphatic heterocycles. The van der Waals surface area contributed by atoms with Gasteiger partial charge in [-0.05, 0) is 12.1 Å². The van der Waals surface area contributed by atoms with Crippen LogP contribution < -0.4 is 10.9 Å². The SMILES string of the molecule is O=C1CC2(CN1)CN(Cc1cc(=O)n3ccccc3n1)C2. The van der Waals surface area contributed by atoms with Gasteiger partial charge < -0.3 is 5.32 Å². The number of aromatic nitrogens is 2. The molecule has 0 bridgehead atoms. The molecule has 6 heteroatoms. The van der Waals surface area contributed by atoms with Crippen LogP contribution in [0.2, 0.25) is 0 Å². The van der Waals surface area contributed by atoms with Gasteiger partial charge in [-0.15, -0.1) is 0 Å². The summed E-state index contributed by atoms with van der Waals surface area (Å²) in [5.74, 6) is 0.150. The van der Waals surface area contributed by atoms with Crippen molar-refractivity contribution >= 4 is 11.6 Å². The summed E-state index contributed by atoms with van der Waals surface area (Å²) < 4.78 is 1.54. The van der Waals surface area contributed by atoms with Crippen LogP contribution in [0, 0.1) is 5.41 Å². The van der Waals surface area contributed by atoms with Crippen LogP contribution in [0.4, 0.5) is 0 Å². The lowest BCUT2D eigenvalue weighted by molar-refractivity contribution is -0.120. The summed E-state index contributed by atoms with van der Waals surface area (Å²) in [5.41, 5.74) is 1.53. The number of carbonyl (C=O) groups is 1. The van der Waals surface area contributed by atoms with Crippen molar-refractivity contribution < 1.29 is 4.79 Å². The van der Waals surface area contributed by atoms with Crippen LogP contribution in [0.25, 0.3) is 5.65 Å². The van der Waals surface area contributed by atoms with Crippen molar-refractivity contribution in [2.75, 3.05) is 19.6 Å². The minimum absolute atomic E-state index is 0.0523. The van der Waals surface area contributed by atoms with E-state index in [1.165, 1.54) is 0 Å². The maximum Gasteiger partial charge on any atom is 0.258 e. The number of likely N-dealkylation sites (tertiary alicyclic amines) is 1. The Balaban J connectivity index is 1.51. The van der Waals surface area contributed by atoms with E-state index in [0.717, 1.165) is 25.3 Å². The predicted octanol–water partition coefficient (Wildman–Crippen LogP) is 0.0164. The number of fused-ring (bicyclic) bond motifs is 1. The van der Waals surface area contributed by atoms with Crippen LogP contribution in [-0.2, 0) is 11.3 Å². The van der Waals surface area contributed by atoms with Crippen molar-refractivity contribution in [1.29, 1.82) is 0 Å². The highest BCUT2D eigenvalue weighted by Crippen LogP contribution is 2.37. The molecule has 0 saturated carbocycles. The van der Waals surface area contributed by atoms with E-state index in [4.69, 9.17) is 0 Å². The fourth-order valence-electron chi connectivity index (χ4n) is 3.40. The molecule has 4 rings (SSSR count). The summed E-state index contributed by atoms with van der Waals surface area (Å²) in [4.78, 5) is 30.1. The van der Waals surface area contributed by atoms with Crippen molar-refractivity contribution in [1.82, 2.24) is 19.6 Å². The van der Waals surface area contributed by atoms with Gasteiger partial charge in [0.25, 0.3) is 5.56 Å². The average molecular weight is 284 g/mol. The van der Waals surface area contributed by atoms with Gasteiger partial charge in [0, 0.05) is 50.3 Å². The van der Waals surface area contributed by atoms with E-state index in [9.17, 15) is 9.59 Å². The Morgan fingerprint density at radius 1 is 1.29 bits per heavy atom. The number of hydrogen-bond acceptors (Lipinski definition) is 4. The standard InChI is InChI=1S/C15H16N4O2/c20-13-6-15(8-16-13)9-18(10-15)7-11-5-14(21)19-4-2-1-3-12(19)17-11/h1-5H,6-10H2,(H,16,20). The molecule has 4 heterocycles. The molecule has 1 N–H and O–H groups in total. The quantitative estimate of drug-likeness (QED) is 0.844. The van der Waals surface area contributed by atoms with Crippen molar-refractivity contribution in [2.45, 2.75) is 13.0 Å². The van der Waals surface area contributed by atoms with Crippen molar-refractivity contribution in [3.8, 4) is 0 Å². The minimum Gasteiger partial charge on any atom is -0.355 e. The molecular weight excluding hydrogens is 268 g/mol. The number of nitrogens with zero attached hydrogens (tertiary/aromatic N) is 3. The molecule has 108 valence electrons. The van der Waals surface area contributed by atoms with Crippen molar-refractivity contribution in [3.05, 3.63) is 46.5 Å². The van der Waals surface area contributed by atoms with Gasteiger partial charge in [-0.1, -0.05) is 6.07 Å². The van der Waals surface area contributed by atoms with E-state index >= 15 is 0 Å². The van der Waals surface area contributed by atoms with E-state index in [1.54, 1.807) is 16.7 Å². The molecule has 0 atom stereocenters. The Bertz CT molecular complexity index is 777. The predicted molar refractivity (Wildman–Crippen MR) is 76.8 cm³/mol. The first kappa shape index (κ1) is 12.5. The number of rotatable bonds is 2. The van der Waals surface area contributed by atoms with Gasteiger partial charge in [-0.3, -0.25) is 18.9 Å². The van der Waals surface area contributed by atoms with Gasteiger partial charge in [0.15, 0.2) is 0 Å².